The summed E-state index contributed by atoms with van der Waals surface area (Å²) in [6.07, 6.45) is 0. The van der Waals surface area contributed by atoms with Crippen molar-refractivity contribution in [2.45, 2.75) is 25.4 Å². The molecular weight excluding hydrogens is 356 g/mol. The smallest absolute Gasteiger partial charge is 0.320 e. The van der Waals surface area contributed by atoms with Crippen LogP contribution in [0.15, 0.2) is 30.3 Å². The van der Waals surface area contributed by atoms with E-state index in [1.54, 1.807) is 11.8 Å². The molecule has 1 aliphatic heterocycles. The van der Waals surface area contributed by atoms with Crippen LogP contribution in [0, 0.1) is 11.7 Å². The predicted molar refractivity (Wildman–Crippen MR) is 101 cm³/mol. The van der Waals surface area contributed by atoms with Gasteiger partial charge in [0.15, 0.2) is 4.77 Å². The molecule has 1 saturated heterocycles. The van der Waals surface area contributed by atoms with E-state index in [-0.39, 0.29) is 11.2 Å². The Balaban J connectivity index is 1.72. The zero-order chi connectivity index (χ0) is 17.8. The van der Waals surface area contributed by atoms with Gasteiger partial charge in [-0.25, -0.2) is 4.68 Å². The number of ether oxygens (including phenoxy) is 1. The SMILES string of the molecule is COC(=O)[C@@H]1CN(Cn2nc(C)n(Cc3ccccc3)c2=S)CCS1. The third-order valence-corrected chi connectivity index (χ3v) is 5.83. The van der Waals surface area contributed by atoms with Gasteiger partial charge in [-0.3, -0.25) is 14.3 Å². The van der Waals surface area contributed by atoms with Crippen LogP contribution in [0.4, 0.5) is 0 Å². The first-order chi connectivity index (χ1) is 12.1. The first-order valence-corrected chi connectivity index (χ1v) is 9.64. The maximum atomic E-state index is 11.8. The van der Waals surface area contributed by atoms with E-state index < -0.39 is 0 Å². The molecule has 0 radical (unpaired) electrons. The zero-order valence-electron chi connectivity index (χ0n) is 14.4. The molecule has 0 aliphatic carbocycles. The van der Waals surface area contributed by atoms with E-state index in [0.29, 0.717) is 24.5 Å². The molecule has 6 nitrogen and oxygen atoms in total. The van der Waals surface area contributed by atoms with Crippen LogP contribution >= 0.6 is 24.0 Å². The summed E-state index contributed by atoms with van der Waals surface area (Å²) in [5, 5.41) is 4.46. The molecule has 8 heteroatoms. The summed E-state index contributed by atoms with van der Waals surface area (Å²) in [4.78, 5) is 14.0. The number of esters is 1. The van der Waals surface area contributed by atoms with Gasteiger partial charge in [0, 0.05) is 18.8 Å². The lowest BCUT2D eigenvalue weighted by molar-refractivity contribution is -0.140. The summed E-state index contributed by atoms with van der Waals surface area (Å²) in [5.41, 5.74) is 1.20. The minimum Gasteiger partial charge on any atom is -0.468 e. The highest BCUT2D eigenvalue weighted by Crippen LogP contribution is 2.20. The van der Waals surface area contributed by atoms with Crippen LogP contribution in [0.25, 0.3) is 0 Å². The summed E-state index contributed by atoms with van der Waals surface area (Å²) in [7, 11) is 1.44. The highest BCUT2D eigenvalue weighted by atomic mass is 32.2. The number of rotatable bonds is 5. The van der Waals surface area contributed by atoms with Crippen LogP contribution in [0.1, 0.15) is 11.4 Å². The van der Waals surface area contributed by atoms with Crippen molar-refractivity contribution >= 4 is 29.9 Å². The number of benzene rings is 1. The van der Waals surface area contributed by atoms with Crippen molar-refractivity contribution < 1.29 is 9.53 Å². The van der Waals surface area contributed by atoms with E-state index >= 15 is 0 Å². The first-order valence-electron chi connectivity index (χ1n) is 8.18. The van der Waals surface area contributed by atoms with Gasteiger partial charge >= 0.3 is 5.97 Å². The molecule has 0 N–H and O–H groups in total. The number of nitrogens with zero attached hydrogens (tertiary/aromatic N) is 4. The van der Waals surface area contributed by atoms with Gasteiger partial charge in [-0.2, -0.15) is 5.10 Å². The van der Waals surface area contributed by atoms with E-state index in [1.165, 1.54) is 12.7 Å². The number of hydrogen-bond acceptors (Lipinski definition) is 6. The monoisotopic (exact) mass is 378 g/mol. The standard InChI is InChI=1S/C17H22N4O2S2/c1-13-18-21(12-19-8-9-25-15(11-19)16(22)23-2)17(24)20(13)10-14-6-4-3-5-7-14/h3-7,15H,8-12H2,1-2H3/t15-/m0/s1. The van der Waals surface area contributed by atoms with Crippen molar-refractivity contribution in [3.05, 3.63) is 46.5 Å². The molecule has 1 aliphatic rings. The third-order valence-electron chi connectivity index (χ3n) is 4.24. The normalized spacial score (nSPS) is 18.2. The van der Waals surface area contributed by atoms with Gasteiger partial charge in [0.25, 0.3) is 0 Å². The molecule has 0 bridgehead atoms. The fourth-order valence-electron chi connectivity index (χ4n) is 2.88. The molecule has 0 spiro atoms. The molecule has 0 saturated carbocycles. The van der Waals surface area contributed by atoms with Crippen molar-refractivity contribution in [3.63, 3.8) is 0 Å². The lowest BCUT2D eigenvalue weighted by Crippen LogP contribution is -2.42. The lowest BCUT2D eigenvalue weighted by atomic mass is 10.2. The van der Waals surface area contributed by atoms with Crippen LogP contribution in [0.3, 0.4) is 0 Å². The highest BCUT2D eigenvalue weighted by molar-refractivity contribution is 8.00. The molecule has 1 aromatic heterocycles. The Morgan fingerprint density at radius 2 is 2.16 bits per heavy atom. The molecule has 2 aromatic rings. The van der Waals surface area contributed by atoms with Crippen LogP contribution in [-0.4, -0.2) is 56.4 Å². The van der Waals surface area contributed by atoms with Gasteiger partial charge in [-0.1, -0.05) is 30.3 Å². The predicted octanol–water partition coefficient (Wildman–Crippen LogP) is 2.32. The van der Waals surface area contributed by atoms with Crippen LogP contribution in [-0.2, 0) is 22.7 Å². The summed E-state index contributed by atoms with van der Waals surface area (Å²) < 4.78 is 9.46. The van der Waals surface area contributed by atoms with Crippen molar-refractivity contribution in [2.24, 2.45) is 0 Å². The Morgan fingerprint density at radius 3 is 2.88 bits per heavy atom. The maximum absolute atomic E-state index is 11.8. The highest BCUT2D eigenvalue weighted by Gasteiger charge is 2.27. The third kappa shape index (κ3) is 4.31. The minimum atomic E-state index is -0.163. The van der Waals surface area contributed by atoms with Gasteiger partial charge in [0.2, 0.25) is 0 Å². The summed E-state index contributed by atoms with van der Waals surface area (Å²) in [5.74, 6) is 1.63. The van der Waals surface area contributed by atoms with E-state index in [9.17, 15) is 4.79 Å². The molecule has 1 atom stereocenters. The second kappa shape index (κ2) is 8.16. The number of carbonyl (C=O) groups is 1. The number of carbonyl (C=O) groups excluding carboxylic acids is 1. The summed E-state index contributed by atoms with van der Waals surface area (Å²) >= 11 is 7.27. The fourth-order valence-corrected chi connectivity index (χ4v) is 4.38. The quantitative estimate of drug-likeness (QED) is 0.588. The van der Waals surface area contributed by atoms with Crippen molar-refractivity contribution in [3.8, 4) is 0 Å². The summed E-state index contributed by atoms with van der Waals surface area (Å²) in [6, 6.07) is 10.2. The second-order valence-electron chi connectivity index (χ2n) is 6.00. The summed E-state index contributed by atoms with van der Waals surface area (Å²) in [6.45, 7) is 4.84. The Kier molecular flexibility index (Phi) is 5.93. The van der Waals surface area contributed by atoms with Crippen molar-refractivity contribution in [1.29, 1.82) is 0 Å². The molecule has 3 rings (SSSR count). The molecule has 1 fully saturated rings. The Labute approximate surface area is 156 Å². The van der Waals surface area contributed by atoms with E-state index in [2.05, 4.69) is 22.1 Å². The number of aryl methyl sites for hydroxylation is 1. The largest absolute Gasteiger partial charge is 0.468 e. The lowest BCUT2D eigenvalue weighted by Gasteiger charge is -2.30. The molecule has 0 unspecified atom stereocenters. The van der Waals surface area contributed by atoms with E-state index in [1.807, 2.05) is 34.4 Å². The molecule has 25 heavy (non-hydrogen) atoms. The Bertz CT molecular complexity index is 788. The minimum absolute atomic E-state index is 0.138. The molecule has 134 valence electrons. The van der Waals surface area contributed by atoms with Gasteiger partial charge in [-0.05, 0) is 24.7 Å². The topological polar surface area (TPSA) is 52.3 Å². The molecular formula is C17H22N4O2S2. The van der Waals surface area contributed by atoms with Gasteiger partial charge in [-0.15, -0.1) is 11.8 Å². The average molecular weight is 379 g/mol. The van der Waals surface area contributed by atoms with Crippen molar-refractivity contribution in [1.82, 2.24) is 19.2 Å². The second-order valence-corrected chi connectivity index (χ2v) is 7.68. The van der Waals surface area contributed by atoms with E-state index in [0.717, 1.165) is 18.1 Å². The number of thioether (sulfide) groups is 1. The van der Waals surface area contributed by atoms with Gasteiger partial charge in [0.05, 0.1) is 20.3 Å². The number of aromatic nitrogens is 3. The first kappa shape index (κ1) is 18.2. The van der Waals surface area contributed by atoms with E-state index in [4.69, 9.17) is 17.0 Å². The Morgan fingerprint density at radius 1 is 1.40 bits per heavy atom. The zero-order valence-corrected chi connectivity index (χ0v) is 16.1. The molecule has 2 heterocycles. The van der Waals surface area contributed by atoms with Crippen LogP contribution in [0.2, 0.25) is 0 Å². The van der Waals surface area contributed by atoms with Crippen molar-refractivity contribution in [2.75, 3.05) is 26.0 Å². The maximum Gasteiger partial charge on any atom is 0.320 e. The molecule has 0 amide bonds. The number of methoxy groups -OCH3 is 1. The molecule has 1 aromatic carbocycles. The Hall–Kier alpha value is -1.64. The van der Waals surface area contributed by atoms with Crippen LogP contribution in [0.5, 0.6) is 0 Å². The van der Waals surface area contributed by atoms with Gasteiger partial charge in [0.1, 0.15) is 11.1 Å². The fraction of sp³-hybridized carbons (Fsp3) is 0.471. The van der Waals surface area contributed by atoms with Crippen LogP contribution < -0.4 is 0 Å². The van der Waals surface area contributed by atoms with Gasteiger partial charge < -0.3 is 4.74 Å². The number of hydrogen-bond donors (Lipinski definition) is 0. The average Bonchev–Trinajstić information content (AvgIpc) is 2.89.